The molecule has 2 rings (SSSR count). The van der Waals surface area contributed by atoms with Crippen LogP contribution in [-0.4, -0.2) is 32.3 Å². The van der Waals surface area contributed by atoms with E-state index >= 15 is 0 Å². The van der Waals surface area contributed by atoms with E-state index < -0.39 is 17.6 Å². The lowest BCUT2D eigenvalue weighted by molar-refractivity contribution is -0.137. The first-order chi connectivity index (χ1) is 13.8. The Kier molecular flexibility index (Phi) is 7.64. The highest BCUT2D eigenvalue weighted by molar-refractivity contribution is 5.86. The average Bonchev–Trinajstić information content (AvgIpc) is 2.69. The summed E-state index contributed by atoms with van der Waals surface area (Å²) < 4.78 is 43.6. The average molecular weight is 407 g/mol. The van der Waals surface area contributed by atoms with Crippen molar-refractivity contribution in [3.8, 4) is 5.75 Å². The molecule has 0 aliphatic rings. The number of halogens is 3. The summed E-state index contributed by atoms with van der Waals surface area (Å²) in [4.78, 5) is 14.2. The molecule has 2 aromatic rings. The summed E-state index contributed by atoms with van der Waals surface area (Å²) in [6.07, 6.45) is -3.22. The van der Waals surface area contributed by atoms with Gasteiger partial charge >= 0.3 is 6.18 Å². The Labute approximate surface area is 168 Å². The number of alkyl halides is 3. The third-order valence-electron chi connectivity index (χ3n) is 4.36. The van der Waals surface area contributed by atoms with Crippen LogP contribution in [0.5, 0.6) is 5.75 Å². The molecule has 5 nitrogen and oxygen atoms in total. The molecule has 0 fully saturated rings. The highest BCUT2D eigenvalue weighted by Crippen LogP contribution is 2.29. The molecule has 8 heteroatoms. The minimum Gasteiger partial charge on any atom is -0.496 e. The summed E-state index contributed by atoms with van der Waals surface area (Å²) in [5.41, 5.74) is 3.48. The number of benzene rings is 2. The van der Waals surface area contributed by atoms with Gasteiger partial charge in [-0.2, -0.15) is 18.3 Å². The van der Waals surface area contributed by atoms with Crippen molar-refractivity contribution >= 4 is 17.8 Å². The summed E-state index contributed by atoms with van der Waals surface area (Å²) in [7, 11) is 1.55. The van der Waals surface area contributed by atoms with Crippen molar-refractivity contribution in [3.05, 3.63) is 59.2 Å². The van der Waals surface area contributed by atoms with Crippen molar-refractivity contribution in [1.82, 2.24) is 5.43 Å². The zero-order valence-electron chi connectivity index (χ0n) is 16.6. The fourth-order valence-electron chi connectivity index (χ4n) is 2.85. The molecule has 0 atom stereocenters. The predicted octanol–water partition coefficient (Wildman–Crippen LogP) is 4.25. The minimum absolute atomic E-state index is 0.209. The fraction of sp³-hybridized carbons (Fsp3) is 0.333. The standard InChI is InChI=1S/C21H24F3N3O2/c1-4-27(5-2)18-10-9-16(19(13-18)29-3)14-25-26-20(28)12-15-7-6-8-17(11-15)21(22,23)24/h6-11,13-14H,4-5,12H2,1-3H3,(H,26,28). The fourth-order valence-corrected chi connectivity index (χ4v) is 2.85. The van der Waals surface area contributed by atoms with Crippen molar-refractivity contribution < 1.29 is 22.7 Å². The molecule has 1 N–H and O–H groups in total. The van der Waals surface area contributed by atoms with E-state index in [-0.39, 0.29) is 12.0 Å². The van der Waals surface area contributed by atoms with Crippen LogP contribution in [0.25, 0.3) is 0 Å². The molecule has 2 aromatic carbocycles. The topological polar surface area (TPSA) is 53.9 Å². The van der Waals surface area contributed by atoms with Crippen molar-refractivity contribution in [1.29, 1.82) is 0 Å². The normalized spacial score (nSPS) is 11.5. The molecule has 0 bridgehead atoms. The van der Waals surface area contributed by atoms with Gasteiger partial charge in [-0.05, 0) is 37.6 Å². The van der Waals surface area contributed by atoms with Crippen molar-refractivity contribution in [2.45, 2.75) is 26.4 Å². The van der Waals surface area contributed by atoms with E-state index in [0.29, 0.717) is 11.3 Å². The monoisotopic (exact) mass is 407 g/mol. The van der Waals surface area contributed by atoms with E-state index in [1.54, 1.807) is 7.11 Å². The molecule has 1 amide bonds. The van der Waals surface area contributed by atoms with Gasteiger partial charge in [0.2, 0.25) is 5.91 Å². The SMILES string of the molecule is CCN(CC)c1ccc(C=NNC(=O)Cc2cccc(C(F)(F)F)c2)c(OC)c1. The molecule has 0 aromatic heterocycles. The summed E-state index contributed by atoms with van der Waals surface area (Å²) in [6.45, 7) is 5.84. The summed E-state index contributed by atoms with van der Waals surface area (Å²) in [6, 6.07) is 10.3. The number of amides is 1. The maximum Gasteiger partial charge on any atom is 0.416 e. The molecular formula is C21H24F3N3O2. The van der Waals surface area contributed by atoms with Crippen LogP contribution in [0.15, 0.2) is 47.6 Å². The van der Waals surface area contributed by atoms with Gasteiger partial charge in [-0.1, -0.05) is 18.2 Å². The largest absolute Gasteiger partial charge is 0.496 e. The molecule has 0 spiro atoms. The van der Waals surface area contributed by atoms with Crippen molar-refractivity contribution in [3.63, 3.8) is 0 Å². The van der Waals surface area contributed by atoms with Crippen LogP contribution in [0, 0.1) is 0 Å². The molecular weight excluding hydrogens is 383 g/mol. The number of nitrogens with one attached hydrogen (secondary N) is 1. The number of anilines is 1. The Hall–Kier alpha value is -3.03. The second kappa shape index (κ2) is 9.95. The number of nitrogens with zero attached hydrogens (tertiary/aromatic N) is 2. The van der Waals surface area contributed by atoms with Gasteiger partial charge in [-0.3, -0.25) is 4.79 Å². The van der Waals surface area contributed by atoms with E-state index in [1.165, 1.54) is 18.3 Å². The van der Waals surface area contributed by atoms with Crippen LogP contribution in [0.3, 0.4) is 0 Å². The van der Waals surface area contributed by atoms with Crippen LogP contribution < -0.4 is 15.1 Å². The number of hydrazone groups is 1. The molecule has 0 saturated carbocycles. The zero-order valence-corrected chi connectivity index (χ0v) is 16.6. The van der Waals surface area contributed by atoms with Crippen LogP contribution in [0.2, 0.25) is 0 Å². The first-order valence-electron chi connectivity index (χ1n) is 9.19. The second-order valence-electron chi connectivity index (χ2n) is 6.27. The van der Waals surface area contributed by atoms with Crippen molar-refractivity contribution in [2.24, 2.45) is 5.10 Å². The van der Waals surface area contributed by atoms with E-state index in [2.05, 4.69) is 29.3 Å². The first kappa shape index (κ1) is 22.3. The predicted molar refractivity (Wildman–Crippen MR) is 107 cm³/mol. The van der Waals surface area contributed by atoms with Gasteiger partial charge in [0.1, 0.15) is 5.75 Å². The van der Waals surface area contributed by atoms with Gasteiger partial charge < -0.3 is 9.64 Å². The van der Waals surface area contributed by atoms with E-state index in [4.69, 9.17) is 4.74 Å². The summed E-state index contributed by atoms with van der Waals surface area (Å²) in [5, 5.41) is 3.89. The Bertz CT molecular complexity index is 862. The van der Waals surface area contributed by atoms with E-state index in [0.717, 1.165) is 30.9 Å². The number of rotatable bonds is 8. The maximum absolute atomic E-state index is 12.8. The number of ether oxygens (including phenoxy) is 1. The summed E-state index contributed by atoms with van der Waals surface area (Å²) in [5.74, 6) is 0.0876. The zero-order chi connectivity index (χ0) is 21.4. The maximum atomic E-state index is 12.8. The number of hydrogen-bond acceptors (Lipinski definition) is 4. The number of hydrogen-bond donors (Lipinski definition) is 1. The molecule has 0 aliphatic heterocycles. The third-order valence-corrected chi connectivity index (χ3v) is 4.36. The Morgan fingerprint density at radius 1 is 1.17 bits per heavy atom. The molecule has 0 aliphatic carbocycles. The molecule has 156 valence electrons. The lowest BCUT2D eigenvalue weighted by Gasteiger charge is -2.21. The van der Waals surface area contributed by atoms with Crippen molar-refractivity contribution in [2.75, 3.05) is 25.1 Å². The molecule has 0 radical (unpaired) electrons. The van der Waals surface area contributed by atoms with Crippen LogP contribution in [0.4, 0.5) is 18.9 Å². The van der Waals surface area contributed by atoms with E-state index in [1.807, 2.05) is 18.2 Å². The van der Waals surface area contributed by atoms with Crippen LogP contribution in [0.1, 0.15) is 30.5 Å². The van der Waals surface area contributed by atoms with Gasteiger partial charge in [-0.15, -0.1) is 0 Å². The van der Waals surface area contributed by atoms with Gasteiger partial charge in [0, 0.05) is 30.4 Å². The van der Waals surface area contributed by atoms with Gasteiger partial charge in [0.15, 0.2) is 0 Å². The Morgan fingerprint density at radius 2 is 1.90 bits per heavy atom. The Balaban J connectivity index is 2.03. The van der Waals surface area contributed by atoms with Gasteiger partial charge in [-0.25, -0.2) is 5.43 Å². The molecule has 0 saturated heterocycles. The van der Waals surface area contributed by atoms with Crippen LogP contribution >= 0.6 is 0 Å². The van der Waals surface area contributed by atoms with E-state index in [9.17, 15) is 18.0 Å². The number of carbonyl (C=O) groups excluding carboxylic acids is 1. The third kappa shape index (κ3) is 6.23. The van der Waals surface area contributed by atoms with Gasteiger partial charge in [0.05, 0.1) is 25.3 Å². The lowest BCUT2D eigenvalue weighted by atomic mass is 10.1. The highest BCUT2D eigenvalue weighted by Gasteiger charge is 2.30. The highest BCUT2D eigenvalue weighted by atomic mass is 19.4. The van der Waals surface area contributed by atoms with Crippen LogP contribution in [-0.2, 0) is 17.4 Å². The molecule has 0 unspecified atom stereocenters. The van der Waals surface area contributed by atoms with Gasteiger partial charge in [0.25, 0.3) is 0 Å². The number of methoxy groups -OCH3 is 1. The molecule has 0 heterocycles. The smallest absolute Gasteiger partial charge is 0.416 e. The lowest BCUT2D eigenvalue weighted by Crippen LogP contribution is -2.22. The summed E-state index contributed by atoms with van der Waals surface area (Å²) >= 11 is 0. The Morgan fingerprint density at radius 3 is 2.52 bits per heavy atom. The first-order valence-corrected chi connectivity index (χ1v) is 9.19. The minimum atomic E-state index is -4.45. The quantitative estimate of drug-likeness (QED) is 0.526. The molecule has 29 heavy (non-hydrogen) atoms. The second-order valence-corrected chi connectivity index (χ2v) is 6.27. The number of carbonyl (C=O) groups is 1.